The molecule has 0 saturated heterocycles. The van der Waals surface area contributed by atoms with Gasteiger partial charge in [-0.3, -0.25) is 14.4 Å². The number of nitrogens with two attached hydrogens (primary N) is 1. The molecule has 0 fully saturated rings. The molecule has 5 aromatic rings. The fourth-order valence-electron chi connectivity index (χ4n) is 6.84. The van der Waals surface area contributed by atoms with E-state index in [9.17, 15) is 27.6 Å². The van der Waals surface area contributed by atoms with Gasteiger partial charge in [0.15, 0.2) is 5.69 Å². The maximum absolute atomic E-state index is 14.6. The van der Waals surface area contributed by atoms with Gasteiger partial charge in [-0.15, -0.1) is 0 Å². The second-order valence-electron chi connectivity index (χ2n) is 13.9. The summed E-state index contributed by atoms with van der Waals surface area (Å²) in [5.41, 5.74) is 7.62. The molecule has 0 unspecified atom stereocenters. The predicted molar refractivity (Wildman–Crippen MR) is 217 cm³/mol. The van der Waals surface area contributed by atoms with E-state index in [-0.39, 0.29) is 57.7 Å². The lowest BCUT2D eigenvalue weighted by molar-refractivity contribution is 0.0732. The molecule has 1 aliphatic rings. The van der Waals surface area contributed by atoms with Crippen LogP contribution in [0.3, 0.4) is 0 Å². The van der Waals surface area contributed by atoms with Crippen LogP contribution < -0.4 is 10.5 Å². The largest absolute Gasteiger partial charge is 0.449 e. The fraction of sp³-hybridized carbons (Fsp3) is 0.310. The molecule has 0 saturated carbocycles. The maximum atomic E-state index is 14.6. The van der Waals surface area contributed by atoms with Crippen LogP contribution >= 0.6 is 11.6 Å². The highest BCUT2D eigenvalue weighted by Crippen LogP contribution is 2.30. The Morgan fingerprint density at radius 1 is 0.895 bits per heavy atom. The van der Waals surface area contributed by atoms with Gasteiger partial charge in [0.05, 0.1) is 33.5 Å². The summed E-state index contributed by atoms with van der Waals surface area (Å²) in [6.45, 7) is 5.49. The summed E-state index contributed by atoms with van der Waals surface area (Å²) in [6, 6.07) is 23.8. The number of unbranched alkanes of at least 4 members (excludes halogenated alkanes) is 2. The lowest BCUT2D eigenvalue weighted by atomic mass is 9.98. The molecule has 298 valence electrons. The third kappa shape index (κ3) is 9.29. The highest BCUT2D eigenvalue weighted by Gasteiger charge is 2.31. The van der Waals surface area contributed by atoms with E-state index in [1.54, 1.807) is 28.0 Å². The number of halogens is 1. The molecule has 3 N–H and O–H groups in total. The highest BCUT2D eigenvalue weighted by atomic mass is 35.5. The van der Waals surface area contributed by atoms with Crippen LogP contribution in [0.15, 0.2) is 89.8 Å². The van der Waals surface area contributed by atoms with Crippen LogP contribution in [0.2, 0.25) is 5.02 Å². The third-order valence-corrected chi connectivity index (χ3v) is 11.7. The first kappa shape index (κ1) is 40.9. The molecule has 1 aromatic heterocycles. The van der Waals surface area contributed by atoms with Gasteiger partial charge in [-0.1, -0.05) is 92.9 Å². The van der Waals surface area contributed by atoms with E-state index < -0.39 is 33.8 Å². The van der Waals surface area contributed by atoms with Crippen molar-refractivity contribution in [2.75, 3.05) is 26.2 Å². The van der Waals surface area contributed by atoms with E-state index in [2.05, 4.69) is 4.72 Å². The number of nitrogens with zero attached hydrogens (tertiary/aromatic N) is 4. The number of hydrogen-bond donors (Lipinski definition) is 2. The summed E-state index contributed by atoms with van der Waals surface area (Å²) in [6.07, 6.45) is 2.83. The minimum absolute atomic E-state index is 0.00851. The molecule has 6 rings (SSSR count). The number of carbonyl (C=O) groups excluding carboxylic acids is 4. The zero-order valence-electron chi connectivity index (χ0n) is 31.9. The molecule has 0 bridgehead atoms. The lowest BCUT2D eigenvalue weighted by Gasteiger charge is -2.29. The SMILES string of the molecule is CCCCN(CCCC)C(=O)c1nn(-c2ccc(C(=O)NS(=O)(=O)c3ccc4ccccc4c3)cc2C(=O)N2CCc3ccccc3C2)c(CCOC(N)=O)c1Cl. The Hall–Kier alpha value is -5.73. The number of ether oxygens (including phenoxy) is 1. The molecule has 0 atom stereocenters. The standard InChI is InChI=1S/C42H45ClN6O7S/c1-3-5-21-47(22-6-4-2)41(52)38-37(43)36(20-24-56-42(44)53)49(45-38)35-18-16-31(26-34(35)40(51)48-23-19-29-12-8-10-14-32(29)27-48)39(50)46-57(54,55)33-17-15-28-11-7-9-13-30(28)25-33/h7-18,25-26H,3-6,19-24,27H2,1-2H3,(H2,44,53)(H,46,50). The molecule has 4 aromatic carbocycles. The van der Waals surface area contributed by atoms with Gasteiger partial charge in [0.2, 0.25) is 0 Å². The van der Waals surface area contributed by atoms with Gasteiger partial charge in [-0.2, -0.15) is 5.10 Å². The Kier molecular flexibility index (Phi) is 12.9. The van der Waals surface area contributed by atoms with Gasteiger partial charge in [-0.25, -0.2) is 22.6 Å². The molecule has 0 aliphatic carbocycles. The average Bonchev–Trinajstić information content (AvgIpc) is 3.54. The molecule has 57 heavy (non-hydrogen) atoms. The van der Waals surface area contributed by atoms with Crippen molar-refractivity contribution in [3.8, 4) is 5.69 Å². The summed E-state index contributed by atoms with van der Waals surface area (Å²) in [5, 5.41) is 6.22. The first-order valence-electron chi connectivity index (χ1n) is 19.0. The van der Waals surface area contributed by atoms with Gasteiger partial charge in [0.1, 0.15) is 0 Å². The molecule has 4 amide bonds. The van der Waals surface area contributed by atoms with Crippen LogP contribution in [0.4, 0.5) is 4.79 Å². The predicted octanol–water partition coefficient (Wildman–Crippen LogP) is 6.68. The molecular formula is C42H45ClN6O7S. The van der Waals surface area contributed by atoms with Crippen molar-refractivity contribution >= 4 is 56.2 Å². The van der Waals surface area contributed by atoms with Gasteiger partial charge in [0, 0.05) is 38.2 Å². The zero-order valence-corrected chi connectivity index (χ0v) is 33.4. The first-order chi connectivity index (χ1) is 27.4. The monoisotopic (exact) mass is 812 g/mol. The number of amides is 4. The number of aromatic nitrogens is 2. The van der Waals surface area contributed by atoms with Gasteiger partial charge in [-0.05, 0) is 71.5 Å². The number of sulfonamides is 1. The fourth-order valence-corrected chi connectivity index (χ4v) is 8.15. The maximum Gasteiger partial charge on any atom is 0.404 e. The highest BCUT2D eigenvalue weighted by molar-refractivity contribution is 7.90. The lowest BCUT2D eigenvalue weighted by Crippen LogP contribution is -2.37. The second kappa shape index (κ2) is 18.0. The number of rotatable bonds is 15. The zero-order chi connectivity index (χ0) is 40.7. The van der Waals surface area contributed by atoms with E-state index in [1.807, 2.05) is 50.2 Å². The Morgan fingerprint density at radius 3 is 2.28 bits per heavy atom. The van der Waals surface area contributed by atoms with Crippen molar-refractivity contribution in [1.82, 2.24) is 24.3 Å². The van der Waals surface area contributed by atoms with Crippen LogP contribution in [0.25, 0.3) is 16.5 Å². The van der Waals surface area contributed by atoms with Crippen molar-refractivity contribution < 1.29 is 32.3 Å². The van der Waals surface area contributed by atoms with Crippen molar-refractivity contribution in [3.05, 3.63) is 124 Å². The minimum Gasteiger partial charge on any atom is -0.449 e. The van der Waals surface area contributed by atoms with Crippen LogP contribution in [-0.4, -0.2) is 78.1 Å². The number of nitrogens with one attached hydrogen (secondary N) is 1. The quantitative estimate of drug-likeness (QED) is 0.118. The Labute approximate surface area is 336 Å². The summed E-state index contributed by atoms with van der Waals surface area (Å²) < 4.78 is 35.5. The summed E-state index contributed by atoms with van der Waals surface area (Å²) in [5.74, 6) is -1.81. The molecule has 1 aliphatic heterocycles. The number of fused-ring (bicyclic) bond motifs is 2. The molecule has 0 spiro atoms. The summed E-state index contributed by atoms with van der Waals surface area (Å²) in [7, 11) is -4.33. The summed E-state index contributed by atoms with van der Waals surface area (Å²) in [4.78, 5) is 57.3. The van der Waals surface area contributed by atoms with Crippen LogP contribution in [0.5, 0.6) is 0 Å². The number of hydrogen-bond acceptors (Lipinski definition) is 8. The van der Waals surface area contributed by atoms with Crippen molar-refractivity contribution in [2.45, 2.75) is 63.8 Å². The molecule has 13 nitrogen and oxygen atoms in total. The van der Waals surface area contributed by atoms with E-state index in [0.717, 1.165) is 42.2 Å². The molecule has 15 heteroatoms. The molecule has 0 radical (unpaired) electrons. The van der Waals surface area contributed by atoms with Crippen LogP contribution in [0, 0.1) is 0 Å². The van der Waals surface area contributed by atoms with Gasteiger partial charge in [0.25, 0.3) is 27.7 Å². The van der Waals surface area contributed by atoms with Gasteiger partial charge >= 0.3 is 6.09 Å². The summed E-state index contributed by atoms with van der Waals surface area (Å²) >= 11 is 6.96. The first-order valence-corrected chi connectivity index (χ1v) is 20.8. The topological polar surface area (TPSA) is 174 Å². The van der Waals surface area contributed by atoms with Gasteiger partial charge < -0.3 is 20.3 Å². The van der Waals surface area contributed by atoms with Crippen LogP contribution in [-0.2, 0) is 34.1 Å². The number of primary amides is 1. The van der Waals surface area contributed by atoms with Crippen molar-refractivity contribution in [1.29, 1.82) is 0 Å². The van der Waals surface area contributed by atoms with E-state index in [4.69, 9.17) is 27.2 Å². The molecular weight excluding hydrogens is 768 g/mol. The molecule has 2 heterocycles. The normalized spacial score (nSPS) is 12.6. The number of carbonyl (C=O) groups is 4. The average molecular weight is 813 g/mol. The van der Waals surface area contributed by atoms with Crippen LogP contribution in [0.1, 0.15) is 87.6 Å². The van der Waals surface area contributed by atoms with E-state index in [0.29, 0.717) is 31.4 Å². The minimum atomic E-state index is -4.33. The van der Waals surface area contributed by atoms with Crippen molar-refractivity contribution in [3.63, 3.8) is 0 Å². The Morgan fingerprint density at radius 2 is 1.58 bits per heavy atom. The Balaban J connectivity index is 1.43. The van der Waals surface area contributed by atoms with E-state index >= 15 is 0 Å². The second-order valence-corrected chi connectivity index (χ2v) is 15.9. The van der Waals surface area contributed by atoms with Crippen molar-refractivity contribution in [2.24, 2.45) is 5.73 Å². The number of benzene rings is 4. The van der Waals surface area contributed by atoms with E-state index in [1.165, 1.54) is 35.0 Å². The third-order valence-electron chi connectivity index (χ3n) is 9.95. The smallest absolute Gasteiger partial charge is 0.404 e. The Bertz CT molecular complexity index is 2420.